The molecular formula is C16H14O2. The molecular weight excluding hydrogens is 224 g/mol. The van der Waals surface area contributed by atoms with E-state index in [9.17, 15) is 4.79 Å². The van der Waals surface area contributed by atoms with Crippen LogP contribution in [0.4, 0.5) is 0 Å². The monoisotopic (exact) mass is 238 g/mol. The van der Waals surface area contributed by atoms with Crippen LogP contribution in [0, 0.1) is 0 Å². The Balaban J connectivity index is 2.10. The summed E-state index contributed by atoms with van der Waals surface area (Å²) in [6, 6.07) is 15.3. The minimum Gasteiger partial charge on any atom is -0.497 e. The van der Waals surface area contributed by atoms with Crippen LogP contribution in [-0.4, -0.2) is 13.4 Å². The lowest BCUT2D eigenvalue weighted by atomic mass is 10.1. The average Bonchev–Trinajstić information content (AvgIpc) is 2.46. The SMILES string of the molecule is COc1ccc(C=Cc2ccc(C=O)cc2)cc1. The van der Waals surface area contributed by atoms with Crippen LogP contribution in [0.1, 0.15) is 21.5 Å². The summed E-state index contributed by atoms with van der Waals surface area (Å²) >= 11 is 0. The zero-order valence-corrected chi connectivity index (χ0v) is 10.2. The third kappa shape index (κ3) is 3.08. The van der Waals surface area contributed by atoms with Gasteiger partial charge in [-0.05, 0) is 23.3 Å². The molecule has 0 bridgehead atoms. The number of benzene rings is 2. The predicted octanol–water partition coefficient (Wildman–Crippen LogP) is 3.68. The standard InChI is InChI=1S/C16H14O2/c1-18-16-10-8-14(9-11-16)3-2-13-4-6-15(12-17)7-5-13/h2-12H,1H3. The van der Waals surface area contributed by atoms with Crippen molar-refractivity contribution >= 4 is 18.4 Å². The number of hydrogen-bond acceptors (Lipinski definition) is 2. The molecule has 0 aliphatic rings. The fourth-order valence-corrected chi connectivity index (χ4v) is 1.59. The summed E-state index contributed by atoms with van der Waals surface area (Å²) in [6.07, 6.45) is 4.88. The molecule has 0 heterocycles. The molecule has 0 atom stereocenters. The van der Waals surface area contributed by atoms with E-state index in [0.717, 1.165) is 23.2 Å². The third-order valence-electron chi connectivity index (χ3n) is 2.66. The van der Waals surface area contributed by atoms with Gasteiger partial charge in [-0.15, -0.1) is 0 Å². The Morgan fingerprint density at radius 2 is 1.22 bits per heavy atom. The van der Waals surface area contributed by atoms with Crippen molar-refractivity contribution in [2.75, 3.05) is 7.11 Å². The Morgan fingerprint density at radius 1 is 0.778 bits per heavy atom. The van der Waals surface area contributed by atoms with E-state index in [1.807, 2.05) is 48.6 Å². The first-order chi connectivity index (χ1) is 8.81. The van der Waals surface area contributed by atoms with E-state index in [4.69, 9.17) is 4.74 Å². The van der Waals surface area contributed by atoms with Gasteiger partial charge >= 0.3 is 0 Å². The van der Waals surface area contributed by atoms with Crippen molar-refractivity contribution < 1.29 is 9.53 Å². The number of carbonyl (C=O) groups is 1. The van der Waals surface area contributed by atoms with Gasteiger partial charge in [0.2, 0.25) is 0 Å². The van der Waals surface area contributed by atoms with Gasteiger partial charge in [0, 0.05) is 5.56 Å². The summed E-state index contributed by atoms with van der Waals surface area (Å²) in [4.78, 5) is 10.5. The van der Waals surface area contributed by atoms with Crippen LogP contribution >= 0.6 is 0 Å². The van der Waals surface area contributed by atoms with Gasteiger partial charge in [-0.2, -0.15) is 0 Å². The fourth-order valence-electron chi connectivity index (χ4n) is 1.59. The lowest BCUT2D eigenvalue weighted by Crippen LogP contribution is -1.81. The van der Waals surface area contributed by atoms with E-state index < -0.39 is 0 Å². The number of methoxy groups -OCH3 is 1. The lowest BCUT2D eigenvalue weighted by Gasteiger charge is -1.99. The largest absolute Gasteiger partial charge is 0.497 e. The molecule has 0 aliphatic carbocycles. The third-order valence-corrected chi connectivity index (χ3v) is 2.66. The van der Waals surface area contributed by atoms with Gasteiger partial charge in [0.05, 0.1) is 7.11 Å². The summed E-state index contributed by atoms with van der Waals surface area (Å²) in [5.74, 6) is 0.850. The van der Waals surface area contributed by atoms with Crippen LogP contribution in [0.15, 0.2) is 48.5 Å². The summed E-state index contributed by atoms with van der Waals surface area (Å²) in [5, 5.41) is 0. The van der Waals surface area contributed by atoms with Crippen LogP contribution in [0.2, 0.25) is 0 Å². The molecule has 0 unspecified atom stereocenters. The van der Waals surface area contributed by atoms with E-state index in [1.54, 1.807) is 19.2 Å². The zero-order chi connectivity index (χ0) is 12.8. The molecule has 2 aromatic carbocycles. The Hall–Kier alpha value is -2.35. The van der Waals surface area contributed by atoms with Crippen LogP contribution in [-0.2, 0) is 0 Å². The predicted molar refractivity (Wildman–Crippen MR) is 73.8 cm³/mol. The van der Waals surface area contributed by atoms with Gasteiger partial charge in [0.1, 0.15) is 12.0 Å². The highest BCUT2D eigenvalue weighted by Gasteiger charge is 1.92. The molecule has 0 N–H and O–H groups in total. The summed E-state index contributed by atoms with van der Waals surface area (Å²) in [5.41, 5.74) is 2.86. The summed E-state index contributed by atoms with van der Waals surface area (Å²) in [7, 11) is 1.65. The molecule has 2 heteroatoms. The number of ether oxygens (including phenoxy) is 1. The maximum absolute atomic E-state index is 10.5. The second-order valence-electron chi connectivity index (χ2n) is 3.89. The van der Waals surface area contributed by atoms with Gasteiger partial charge in [-0.25, -0.2) is 0 Å². The molecule has 2 nitrogen and oxygen atoms in total. The van der Waals surface area contributed by atoms with Crippen molar-refractivity contribution in [2.45, 2.75) is 0 Å². The zero-order valence-electron chi connectivity index (χ0n) is 10.2. The van der Waals surface area contributed by atoms with Crippen LogP contribution in [0.25, 0.3) is 12.2 Å². The average molecular weight is 238 g/mol. The molecule has 90 valence electrons. The van der Waals surface area contributed by atoms with E-state index in [1.165, 1.54) is 0 Å². The van der Waals surface area contributed by atoms with Gasteiger partial charge in [-0.3, -0.25) is 4.79 Å². The molecule has 0 spiro atoms. The van der Waals surface area contributed by atoms with E-state index in [0.29, 0.717) is 5.56 Å². The Kier molecular flexibility index (Phi) is 3.92. The van der Waals surface area contributed by atoms with Crippen molar-refractivity contribution in [1.29, 1.82) is 0 Å². The van der Waals surface area contributed by atoms with E-state index >= 15 is 0 Å². The highest BCUT2D eigenvalue weighted by atomic mass is 16.5. The molecule has 0 aromatic heterocycles. The van der Waals surface area contributed by atoms with Gasteiger partial charge in [-0.1, -0.05) is 48.6 Å². The minimum atomic E-state index is 0.691. The number of hydrogen-bond donors (Lipinski definition) is 0. The molecule has 0 amide bonds. The number of carbonyl (C=O) groups excluding carboxylic acids is 1. The second-order valence-corrected chi connectivity index (χ2v) is 3.89. The minimum absolute atomic E-state index is 0.691. The topological polar surface area (TPSA) is 26.3 Å². The van der Waals surface area contributed by atoms with Gasteiger partial charge in [0.15, 0.2) is 0 Å². The summed E-state index contributed by atoms with van der Waals surface area (Å²) < 4.78 is 5.10. The van der Waals surface area contributed by atoms with Gasteiger partial charge < -0.3 is 4.74 Å². The lowest BCUT2D eigenvalue weighted by molar-refractivity contribution is 0.112. The molecule has 0 radical (unpaired) electrons. The van der Waals surface area contributed by atoms with Crippen molar-refractivity contribution in [3.8, 4) is 5.75 Å². The van der Waals surface area contributed by atoms with E-state index in [2.05, 4.69) is 0 Å². The fraction of sp³-hybridized carbons (Fsp3) is 0.0625. The molecule has 2 aromatic rings. The Morgan fingerprint density at radius 3 is 1.67 bits per heavy atom. The van der Waals surface area contributed by atoms with Crippen LogP contribution < -0.4 is 4.74 Å². The molecule has 18 heavy (non-hydrogen) atoms. The molecule has 0 fully saturated rings. The second kappa shape index (κ2) is 5.82. The first kappa shape index (κ1) is 12.1. The van der Waals surface area contributed by atoms with Crippen molar-refractivity contribution in [3.05, 3.63) is 65.2 Å². The quantitative estimate of drug-likeness (QED) is 0.600. The molecule has 0 saturated carbocycles. The molecule has 0 aliphatic heterocycles. The van der Waals surface area contributed by atoms with Gasteiger partial charge in [0.25, 0.3) is 0 Å². The van der Waals surface area contributed by atoms with Crippen LogP contribution in [0.3, 0.4) is 0 Å². The Bertz CT molecular complexity index is 536. The van der Waals surface area contributed by atoms with Crippen molar-refractivity contribution in [1.82, 2.24) is 0 Å². The maximum atomic E-state index is 10.5. The molecule has 2 rings (SSSR count). The summed E-state index contributed by atoms with van der Waals surface area (Å²) in [6.45, 7) is 0. The molecule has 0 saturated heterocycles. The first-order valence-electron chi connectivity index (χ1n) is 5.69. The Labute approximate surface area is 107 Å². The first-order valence-corrected chi connectivity index (χ1v) is 5.69. The number of aldehydes is 1. The van der Waals surface area contributed by atoms with Crippen LogP contribution in [0.5, 0.6) is 5.75 Å². The normalized spacial score (nSPS) is 10.5. The maximum Gasteiger partial charge on any atom is 0.150 e. The smallest absolute Gasteiger partial charge is 0.150 e. The van der Waals surface area contributed by atoms with E-state index in [-0.39, 0.29) is 0 Å². The van der Waals surface area contributed by atoms with Crippen molar-refractivity contribution in [2.24, 2.45) is 0 Å². The van der Waals surface area contributed by atoms with Crippen molar-refractivity contribution in [3.63, 3.8) is 0 Å². The highest BCUT2D eigenvalue weighted by Crippen LogP contribution is 2.14. The number of rotatable bonds is 4. The highest BCUT2D eigenvalue weighted by molar-refractivity contribution is 5.76.